The molecule has 0 aromatic carbocycles. The molecule has 0 spiro atoms. The van der Waals surface area contributed by atoms with Gasteiger partial charge in [-0.3, -0.25) is 9.59 Å². The number of alkyl carbamates (subject to hydrolysis) is 1. The molecule has 0 heterocycles. The highest BCUT2D eigenvalue weighted by Gasteiger charge is 2.14. The molecule has 0 atom stereocenters. The lowest BCUT2D eigenvalue weighted by molar-refractivity contribution is -0.144. The standard InChI is InChI=1S/C34H67N3O6/c1-6-8-12-23-32(38)41-29-18-10-14-21-31(22-15-11-19-30-42-33(39)24-13-9-7-2)43-34(40)35-25-20-28-37(5)27-17-16-26-36(3)4/h31H,6-30H2,1-5H3,(H,35,40). The van der Waals surface area contributed by atoms with E-state index >= 15 is 0 Å². The quantitative estimate of drug-likeness (QED) is 0.0520. The van der Waals surface area contributed by atoms with Gasteiger partial charge in [0.25, 0.3) is 0 Å². The molecule has 0 saturated heterocycles. The molecule has 9 heteroatoms. The summed E-state index contributed by atoms with van der Waals surface area (Å²) in [4.78, 5) is 40.6. The molecule has 0 rings (SSSR count). The van der Waals surface area contributed by atoms with Gasteiger partial charge in [0.2, 0.25) is 0 Å². The van der Waals surface area contributed by atoms with Gasteiger partial charge < -0.3 is 29.3 Å². The van der Waals surface area contributed by atoms with Gasteiger partial charge in [-0.25, -0.2) is 4.79 Å². The van der Waals surface area contributed by atoms with Gasteiger partial charge in [-0.05, 0) is 124 Å². The highest BCUT2D eigenvalue weighted by atomic mass is 16.6. The van der Waals surface area contributed by atoms with E-state index in [0.717, 1.165) is 116 Å². The number of amides is 1. The first kappa shape index (κ1) is 41.1. The number of nitrogens with one attached hydrogen (secondary N) is 1. The first-order valence-electron chi connectivity index (χ1n) is 17.4. The zero-order chi connectivity index (χ0) is 32.0. The summed E-state index contributed by atoms with van der Waals surface area (Å²) in [6.07, 6.45) is 16.8. The van der Waals surface area contributed by atoms with Crippen molar-refractivity contribution in [1.82, 2.24) is 15.1 Å². The number of nitrogens with zero attached hydrogens (tertiary/aromatic N) is 2. The molecule has 0 fully saturated rings. The third kappa shape index (κ3) is 30.0. The van der Waals surface area contributed by atoms with E-state index in [2.05, 4.69) is 50.1 Å². The van der Waals surface area contributed by atoms with Gasteiger partial charge in [-0.1, -0.05) is 39.5 Å². The third-order valence-electron chi connectivity index (χ3n) is 7.49. The third-order valence-corrected chi connectivity index (χ3v) is 7.49. The maximum atomic E-state index is 12.5. The fraction of sp³-hybridized carbons (Fsp3) is 0.912. The van der Waals surface area contributed by atoms with Gasteiger partial charge in [-0.2, -0.15) is 0 Å². The summed E-state index contributed by atoms with van der Waals surface area (Å²) in [5, 5.41) is 2.93. The molecular weight excluding hydrogens is 546 g/mol. The SMILES string of the molecule is CCCCCC(=O)OCCCCCC(CCCCCOC(=O)CCCCC)OC(=O)NCCCN(C)CCCCN(C)C. The number of esters is 2. The Hall–Kier alpha value is -1.87. The predicted octanol–water partition coefficient (Wildman–Crippen LogP) is 7.11. The number of hydrogen-bond donors (Lipinski definition) is 1. The van der Waals surface area contributed by atoms with Gasteiger partial charge in [0, 0.05) is 19.4 Å². The lowest BCUT2D eigenvalue weighted by Gasteiger charge is -2.19. The van der Waals surface area contributed by atoms with E-state index in [-0.39, 0.29) is 24.1 Å². The van der Waals surface area contributed by atoms with Crippen molar-refractivity contribution in [2.45, 2.75) is 142 Å². The number of hydrogen-bond acceptors (Lipinski definition) is 8. The summed E-state index contributed by atoms with van der Waals surface area (Å²) in [5.74, 6) is -0.206. The van der Waals surface area contributed by atoms with Crippen molar-refractivity contribution in [1.29, 1.82) is 0 Å². The summed E-state index contributed by atoms with van der Waals surface area (Å²) in [6, 6.07) is 0. The van der Waals surface area contributed by atoms with E-state index in [1.807, 2.05) is 0 Å². The minimum atomic E-state index is -0.347. The monoisotopic (exact) mass is 614 g/mol. The second-order valence-electron chi connectivity index (χ2n) is 12.2. The second-order valence-corrected chi connectivity index (χ2v) is 12.2. The molecule has 0 radical (unpaired) electrons. The Kier molecular flexibility index (Phi) is 28.9. The Balaban J connectivity index is 4.32. The fourth-order valence-corrected chi connectivity index (χ4v) is 4.77. The molecule has 1 N–H and O–H groups in total. The first-order chi connectivity index (χ1) is 20.8. The summed E-state index contributed by atoms with van der Waals surface area (Å²) < 4.78 is 16.5. The molecule has 0 aliphatic heterocycles. The minimum Gasteiger partial charge on any atom is -0.466 e. The zero-order valence-corrected chi connectivity index (χ0v) is 28.6. The summed E-state index contributed by atoms with van der Waals surface area (Å²) >= 11 is 0. The van der Waals surface area contributed by atoms with Gasteiger partial charge in [-0.15, -0.1) is 0 Å². The lowest BCUT2D eigenvalue weighted by atomic mass is 10.0. The predicted molar refractivity (Wildman–Crippen MR) is 175 cm³/mol. The van der Waals surface area contributed by atoms with E-state index in [0.29, 0.717) is 32.6 Å². The number of unbranched alkanes of at least 4 members (excludes halogenated alkanes) is 9. The molecular formula is C34H67N3O6. The van der Waals surface area contributed by atoms with Crippen LogP contribution in [0.4, 0.5) is 4.79 Å². The average Bonchev–Trinajstić information content (AvgIpc) is 2.97. The molecule has 0 aliphatic rings. The molecule has 0 saturated carbocycles. The number of carbonyl (C=O) groups is 3. The maximum absolute atomic E-state index is 12.5. The molecule has 1 amide bonds. The summed E-state index contributed by atoms with van der Waals surface area (Å²) in [7, 11) is 6.33. The Morgan fingerprint density at radius 2 is 1.12 bits per heavy atom. The number of rotatable bonds is 30. The molecule has 43 heavy (non-hydrogen) atoms. The highest BCUT2D eigenvalue weighted by molar-refractivity contribution is 5.69. The molecule has 0 unspecified atom stereocenters. The molecule has 9 nitrogen and oxygen atoms in total. The van der Waals surface area contributed by atoms with E-state index in [1.54, 1.807) is 0 Å². The van der Waals surface area contributed by atoms with Gasteiger partial charge >= 0.3 is 18.0 Å². The fourth-order valence-electron chi connectivity index (χ4n) is 4.77. The number of carbonyl (C=O) groups excluding carboxylic acids is 3. The molecule has 0 bridgehead atoms. The molecule has 0 aromatic heterocycles. The van der Waals surface area contributed by atoms with Crippen molar-refractivity contribution in [3.8, 4) is 0 Å². The number of ether oxygens (including phenoxy) is 3. The lowest BCUT2D eigenvalue weighted by Crippen LogP contribution is -2.32. The minimum absolute atomic E-state index is 0.103. The molecule has 254 valence electrons. The van der Waals surface area contributed by atoms with Crippen molar-refractivity contribution in [3.05, 3.63) is 0 Å². The average molecular weight is 614 g/mol. The normalized spacial score (nSPS) is 11.3. The van der Waals surface area contributed by atoms with E-state index in [4.69, 9.17) is 14.2 Å². The molecule has 0 aromatic rings. The first-order valence-corrected chi connectivity index (χ1v) is 17.4. The van der Waals surface area contributed by atoms with Crippen LogP contribution >= 0.6 is 0 Å². The van der Waals surface area contributed by atoms with Crippen LogP contribution in [0.5, 0.6) is 0 Å². The Labute approximate surface area is 264 Å². The van der Waals surface area contributed by atoms with Crippen molar-refractivity contribution in [2.24, 2.45) is 0 Å². The molecule has 0 aliphatic carbocycles. The zero-order valence-electron chi connectivity index (χ0n) is 28.6. The Bertz CT molecular complexity index is 643. The van der Waals surface area contributed by atoms with Crippen LogP contribution in [-0.4, -0.2) is 94.5 Å². The maximum Gasteiger partial charge on any atom is 0.407 e. The summed E-state index contributed by atoms with van der Waals surface area (Å²) in [6.45, 7) is 8.87. The van der Waals surface area contributed by atoms with Crippen LogP contribution in [0.3, 0.4) is 0 Å². The van der Waals surface area contributed by atoms with Crippen molar-refractivity contribution in [2.75, 3.05) is 60.5 Å². The van der Waals surface area contributed by atoms with E-state index in [9.17, 15) is 14.4 Å². The largest absolute Gasteiger partial charge is 0.466 e. The van der Waals surface area contributed by atoms with Gasteiger partial charge in [0.1, 0.15) is 6.10 Å². The van der Waals surface area contributed by atoms with Crippen LogP contribution in [-0.2, 0) is 23.8 Å². The highest BCUT2D eigenvalue weighted by Crippen LogP contribution is 2.15. The second kappa shape index (κ2) is 30.2. The van der Waals surface area contributed by atoms with Gasteiger partial charge in [0.05, 0.1) is 13.2 Å². The topological polar surface area (TPSA) is 97.4 Å². The van der Waals surface area contributed by atoms with Crippen LogP contribution in [0.1, 0.15) is 136 Å². The van der Waals surface area contributed by atoms with Crippen molar-refractivity contribution in [3.63, 3.8) is 0 Å². The van der Waals surface area contributed by atoms with Crippen LogP contribution in [0.15, 0.2) is 0 Å². The smallest absolute Gasteiger partial charge is 0.407 e. The van der Waals surface area contributed by atoms with Crippen LogP contribution < -0.4 is 5.32 Å². The Morgan fingerprint density at radius 1 is 0.605 bits per heavy atom. The van der Waals surface area contributed by atoms with Crippen molar-refractivity contribution >= 4 is 18.0 Å². The Morgan fingerprint density at radius 3 is 1.63 bits per heavy atom. The summed E-state index contributed by atoms with van der Waals surface area (Å²) in [5.41, 5.74) is 0. The van der Waals surface area contributed by atoms with Crippen LogP contribution in [0.2, 0.25) is 0 Å². The van der Waals surface area contributed by atoms with Crippen LogP contribution in [0.25, 0.3) is 0 Å². The van der Waals surface area contributed by atoms with E-state index < -0.39 is 0 Å². The van der Waals surface area contributed by atoms with E-state index in [1.165, 1.54) is 12.8 Å². The van der Waals surface area contributed by atoms with Gasteiger partial charge in [0.15, 0.2) is 0 Å². The van der Waals surface area contributed by atoms with Crippen LogP contribution in [0, 0.1) is 0 Å². The van der Waals surface area contributed by atoms with Crippen molar-refractivity contribution < 1.29 is 28.6 Å².